The zero-order valence-corrected chi connectivity index (χ0v) is 12.9. The third kappa shape index (κ3) is 3.10. The Bertz CT molecular complexity index is 839. The summed E-state index contributed by atoms with van der Waals surface area (Å²) < 4.78 is 40.6. The van der Waals surface area contributed by atoms with Gasteiger partial charge in [0.05, 0.1) is 0 Å². The van der Waals surface area contributed by atoms with Crippen molar-refractivity contribution in [1.29, 1.82) is 0 Å². The number of aryl methyl sites for hydroxylation is 1. The Labute approximate surface area is 136 Å². The van der Waals surface area contributed by atoms with Gasteiger partial charge >= 0.3 is 6.18 Å². The standard InChI is InChI=1S/C17H12ClF3N2/c1-11-7-8-12(9-14(11)18)16-22-15(17(19,20)21)10-23(16)13-5-3-2-4-6-13/h2-10H,1H3. The molecule has 0 spiro atoms. The summed E-state index contributed by atoms with van der Waals surface area (Å²) in [4.78, 5) is 3.78. The third-order valence-corrected chi connectivity index (χ3v) is 3.87. The van der Waals surface area contributed by atoms with E-state index < -0.39 is 11.9 Å². The maximum Gasteiger partial charge on any atom is 0.434 e. The van der Waals surface area contributed by atoms with Gasteiger partial charge in [-0.2, -0.15) is 13.2 Å². The van der Waals surface area contributed by atoms with Crippen LogP contribution in [0.2, 0.25) is 5.02 Å². The van der Waals surface area contributed by atoms with Gasteiger partial charge in [0.2, 0.25) is 0 Å². The van der Waals surface area contributed by atoms with Crippen molar-refractivity contribution in [2.75, 3.05) is 0 Å². The number of imidazole rings is 1. The van der Waals surface area contributed by atoms with E-state index in [2.05, 4.69) is 4.98 Å². The SMILES string of the molecule is Cc1ccc(-c2nc(C(F)(F)F)cn2-c2ccccc2)cc1Cl. The summed E-state index contributed by atoms with van der Waals surface area (Å²) in [5, 5.41) is 0.485. The van der Waals surface area contributed by atoms with Crippen LogP contribution in [0.4, 0.5) is 13.2 Å². The first-order valence-corrected chi connectivity index (χ1v) is 7.22. The van der Waals surface area contributed by atoms with E-state index >= 15 is 0 Å². The predicted molar refractivity (Wildman–Crippen MR) is 83.7 cm³/mol. The van der Waals surface area contributed by atoms with E-state index in [1.54, 1.807) is 48.5 Å². The van der Waals surface area contributed by atoms with E-state index in [0.717, 1.165) is 11.8 Å². The molecule has 0 radical (unpaired) electrons. The Kier molecular flexibility index (Phi) is 3.90. The molecule has 6 heteroatoms. The average Bonchev–Trinajstić information content (AvgIpc) is 2.96. The molecule has 1 aromatic heterocycles. The fourth-order valence-corrected chi connectivity index (χ4v) is 2.42. The van der Waals surface area contributed by atoms with Gasteiger partial charge in [0.15, 0.2) is 5.69 Å². The normalized spacial score (nSPS) is 11.7. The van der Waals surface area contributed by atoms with Crippen LogP contribution in [0, 0.1) is 6.92 Å². The lowest BCUT2D eigenvalue weighted by Gasteiger charge is -2.08. The van der Waals surface area contributed by atoms with Crippen LogP contribution in [-0.2, 0) is 6.18 Å². The minimum atomic E-state index is -4.51. The number of halogens is 4. The van der Waals surface area contributed by atoms with Crippen LogP contribution in [-0.4, -0.2) is 9.55 Å². The maximum absolute atomic E-state index is 13.1. The molecule has 0 unspecified atom stereocenters. The number of aromatic nitrogens is 2. The molecule has 0 saturated carbocycles. The number of hydrogen-bond donors (Lipinski definition) is 0. The molecule has 0 fully saturated rings. The van der Waals surface area contributed by atoms with Crippen molar-refractivity contribution in [3.63, 3.8) is 0 Å². The van der Waals surface area contributed by atoms with Gasteiger partial charge in [-0.3, -0.25) is 4.57 Å². The molecule has 23 heavy (non-hydrogen) atoms. The fourth-order valence-electron chi connectivity index (χ4n) is 2.24. The molecule has 3 aromatic rings. The van der Waals surface area contributed by atoms with E-state index in [1.807, 2.05) is 6.92 Å². The Balaban J connectivity index is 2.22. The molecule has 0 N–H and O–H groups in total. The first-order chi connectivity index (χ1) is 10.9. The highest BCUT2D eigenvalue weighted by atomic mass is 35.5. The molecular weight excluding hydrogens is 325 g/mol. The lowest BCUT2D eigenvalue weighted by Crippen LogP contribution is -2.04. The quantitative estimate of drug-likeness (QED) is 0.602. The highest BCUT2D eigenvalue weighted by Crippen LogP contribution is 2.33. The second-order valence-corrected chi connectivity index (χ2v) is 5.52. The Morgan fingerprint density at radius 3 is 2.35 bits per heavy atom. The molecule has 1 heterocycles. The van der Waals surface area contributed by atoms with Crippen LogP contribution in [0.1, 0.15) is 11.3 Å². The predicted octanol–water partition coefficient (Wildman–Crippen LogP) is 5.52. The number of nitrogens with zero attached hydrogens (tertiary/aromatic N) is 2. The van der Waals surface area contributed by atoms with E-state index in [-0.39, 0.29) is 5.82 Å². The van der Waals surface area contributed by atoms with E-state index in [1.165, 1.54) is 4.57 Å². The minimum Gasteiger partial charge on any atom is -0.299 e. The number of alkyl halides is 3. The molecule has 0 saturated heterocycles. The Hall–Kier alpha value is -2.27. The molecule has 118 valence electrons. The van der Waals surface area contributed by atoms with Crippen molar-refractivity contribution in [1.82, 2.24) is 9.55 Å². The van der Waals surface area contributed by atoms with Gasteiger partial charge in [-0.1, -0.05) is 41.9 Å². The molecule has 0 aliphatic carbocycles. The first kappa shape index (κ1) is 15.6. The van der Waals surface area contributed by atoms with Gasteiger partial charge in [0, 0.05) is 22.5 Å². The molecule has 2 nitrogen and oxygen atoms in total. The molecular formula is C17H12ClF3N2. The molecule has 0 aliphatic heterocycles. The number of rotatable bonds is 2. The van der Waals surface area contributed by atoms with Crippen LogP contribution >= 0.6 is 11.6 Å². The lowest BCUT2D eigenvalue weighted by molar-refractivity contribution is -0.140. The van der Waals surface area contributed by atoms with E-state index in [4.69, 9.17) is 11.6 Å². The highest BCUT2D eigenvalue weighted by Gasteiger charge is 2.35. The van der Waals surface area contributed by atoms with Crippen LogP contribution in [0.3, 0.4) is 0 Å². The molecule has 0 amide bonds. The molecule has 0 bridgehead atoms. The largest absolute Gasteiger partial charge is 0.434 e. The van der Waals surface area contributed by atoms with Crippen LogP contribution < -0.4 is 0 Å². The zero-order chi connectivity index (χ0) is 16.6. The molecule has 0 aliphatic rings. The Morgan fingerprint density at radius 1 is 1.04 bits per heavy atom. The fraction of sp³-hybridized carbons (Fsp3) is 0.118. The first-order valence-electron chi connectivity index (χ1n) is 6.85. The van der Waals surface area contributed by atoms with Gasteiger partial charge in [0.1, 0.15) is 5.82 Å². The topological polar surface area (TPSA) is 17.8 Å². The highest BCUT2D eigenvalue weighted by molar-refractivity contribution is 6.31. The summed E-state index contributed by atoms with van der Waals surface area (Å²) in [6, 6.07) is 13.9. The van der Waals surface area contributed by atoms with Gasteiger partial charge in [0.25, 0.3) is 0 Å². The summed E-state index contributed by atoms with van der Waals surface area (Å²) >= 11 is 6.10. The van der Waals surface area contributed by atoms with Crippen molar-refractivity contribution in [2.45, 2.75) is 13.1 Å². The summed E-state index contributed by atoms with van der Waals surface area (Å²) in [5.74, 6) is 0.199. The van der Waals surface area contributed by atoms with Gasteiger partial charge in [-0.15, -0.1) is 0 Å². The van der Waals surface area contributed by atoms with E-state index in [9.17, 15) is 13.2 Å². The van der Waals surface area contributed by atoms with Crippen molar-refractivity contribution < 1.29 is 13.2 Å². The van der Waals surface area contributed by atoms with Crippen molar-refractivity contribution >= 4 is 11.6 Å². The van der Waals surface area contributed by atoms with Crippen LogP contribution in [0.15, 0.2) is 54.7 Å². The minimum absolute atomic E-state index is 0.199. The number of para-hydroxylation sites is 1. The van der Waals surface area contributed by atoms with Gasteiger partial charge in [-0.25, -0.2) is 4.98 Å². The van der Waals surface area contributed by atoms with Gasteiger partial charge in [-0.05, 0) is 30.7 Å². The van der Waals surface area contributed by atoms with Crippen LogP contribution in [0.5, 0.6) is 0 Å². The summed E-state index contributed by atoms with van der Waals surface area (Å²) in [6.07, 6.45) is -3.51. The lowest BCUT2D eigenvalue weighted by atomic mass is 10.1. The van der Waals surface area contributed by atoms with Gasteiger partial charge < -0.3 is 0 Å². The summed E-state index contributed by atoms with van der Waals surface area (Å²) in [5.41, 5.74) is 1.04. The smallest absolute Gasteiger partial charge is 0.299 e. The zero-order valence-electron chi connectivity index (χ0n) is 12.1. The second kappa shape index (κ2) is 5.74. The summed E-state index contributed by atoms with van der Waals surface area (Å²) in [7, 11) is 0. The number of benzene rings is 2. The monoisotopic (exact) mass is 336 g/mol. The van der Waals surface area contributed by atoms with Crippen molar-refractivity contribution in [3.05, 3.63) is 71.0 Å². The molecule has 3 rings (SSSR count). The summed E-state index contributed by atoms with van der Waals surface area (Å²) in [6.45, 7) is 1.83. The average molecular weight is 337 g/mol. The number of hydrogen-bond acceptors (Lipinski definition) is 1. The second-order valence-electron chi connectivity index (χ2n) is 5.12. The third-order valence-electron chi connectivity index (χ3n) is 3.46. The van der Waals surface area contributed by atoms with Crippen LogP contribution in [0.25, 0.3) is 17.1 Å². The molecule has 2 aromatic carbocycles. The van der Waals surface area contributed by atoms with Crippen molar-refractivity contribution in [3.8, 4) is 17.1 Å². The van der Waals surface area contributed by atoms with Crippen molar-refractivity contribution in [2.24, 2.45) is 0 Å². The Morgan fingerprint density at radius 2 is 1.74 bits per heavy atom. The van der Waals surface area contributed by atoms with E-state index in [0.29, 0.717) is 16.3 Å². The molecule has 0 atom stereocenters. The maximum atomic E-state index is 13.1.